The lowest BCUT2D eigenvalue weighted by Gasteiger charge is -2.29. The largest absolute Gasteiger partial charge is 0.478 e. The molecule has 122 valence electrons. The van der Waals surface area contributed by atoms with Gasteiger partial charge < -0.3 is 10.0 Å². The summed E-state index contributed by atoms with van der Waals surface area (Å²) >= 11 is 0. The highest BCUT2D eigenvalue weighted by molar-refractivity contribution is 5.92. The molecule has 1 heterocycles. The first-order valence-electron chi connectivity index (χ1n) is 8.39. The van der Waals surface area contributed by atoms with Crippen molar-refractivity contribution in [2.75, 3.05) is 6.54 Å². The van der Waals surface area contributed by atoms with Gasteiger partial charge in [0, 0.05) is 24.6 Å². The van der Waals surface area contributed by atoms with E-state index >= 15 is 0 Å². The van der Waals surface area contributed by atoms with Crippen molar-refractivity contribution in [3.63, 3.8) is 0 Å². The summed E-state index contributed by atoms with van der Waals surface area (Å²) in [5, 5.41) is 9.57. The van der Waals surface area contributed by atoms with Crippen LogP contribution >= 0.6 is 0 Å². The molecule has 2 fully saturated rings. The Balaban J connectivity index is 1.82. The van der Waals surface area contributed by atoms with Crippen molar-refractivity contribution in [1.29, 1.82) is 0 Å². The molecule has 3 unspecified atom stereocenters. The SMILES string of the molecule is O=CN1CC2CCCCC2C1CC(=Cc1ccccc1)C(=O)O. The maximum absolute atomic E-state index is 11.7. The van der Waals surface area contributed by atoms with Crippen molar-refractivity contribution in [1.82, 2.24) is 4.90 Å². The van der Waals surface area contributed by atoms with E-state index in [9.17, 15) is 14.7 Å². The molecular weight excluding hydrogens is 290 g/mol. The molecule has 1 saturated heterocycles. The monoisotopic (exact) mass is 313 g/mol. The molecule has 1 saturated carbocycles. The topological polar surface area (TPSA) is 57.6 Å². The van der Waals surface area contributed by atoms with Crippen LogP contribution in [0, 0.1) is 11.8 Å². The van der Waals surface area contributed by atoms with Crippen molar-refractivity contribution >= 4 is 18.5 Å². The Hall–Kier alpha value is -2.10. The Morgan fingerprint density at radius 2 is 1.96 bits per heavy atom. The van der Waals surface area contributed by atoms with E-state index in [0.717, 1.165) is 31.4 Å². The van der Waals surface area contributed by atoms with E-state index in [4.69, 9.17) is 0 Å². The number of carbonyl (C=O) groups is 2. The molecule has 3 rings (SSSR count). The maximum Gasteiger partial charge on any atom is 0.331 e. The van der Waals surface area contributed by atoms with E-state index in [1.54, 1.807) is 6.08 Å². The minimum atomic E-state index is -0.890. The van der Waals surface area contributed by atoms with E-state index in [1.165, 1.54) is 12.8 Å². The lowest BCUT2D eigenvalue weighted by molar-refractivity contribution is -0.133. The molecule has 1 N–H and O–H groups in total. The summed E-state index contributed by atoms with van der Waals surface area (Å²) < 4.78 is 0. The fourth-order valence-corrected chi connectivity index (χ4v) is 4.20. The predicted molar refractivity (Wildman–Crippen MR) is 88.7 cm³/mol. The van der Waals surface area contributed by atoms with Crippen LogP contribution in [-0.2, 0) is 9.59 Å². The lowest BCUT2D eigenvalue weighted by atomic mass is 9.77. The van der Waals surface area contributed by atoms with Crippen LogP contribution in [0.4, 0.5) is 0 Å². The van der Waals surface area contributed by atoms with Crippen LogP contribution in [0.25, 0.3) is 6.08 Å². The highest BCUT2D eigenvalue weighted by atomic mass is 16.4. The number of carboxylic acids is 1. The number of rotatable bonds is 5. The molecule has 0 spiro atoms. The third-order valence-corrected chi connectivity index (χ3v) is 5.31. The number of fused-ring (bicyclic) bond motifs is 1. The van der Waals surface area contributed by atoms with Gasteiger partial charge in [-0.2, -0.15) is 0 Å². The van der Waals surface area contributed by atoms with Crippen LogP contribution in [0.3, 0.4) is 0 Å². The molecule has 3 atom stereocenters. The highest BCUT2D eigenvalue weighted by Crippen LogP contribution is 2.42. The second-order valence-corrected chi connectivity index (χ2v) is 6.67. The van der Waals surface area contributed by atoms with Crippen LogP contribution in [0.15, 0.2) is 35.9 Å². The second kappa shape index (κ2) is 6.99. The van der Waals surface area contributed by atoms with Gasteiger partial charge in [0.05, 0.1) is 0 Å². The highest BCUT2D eigenvalue weighted by Gasteiger charge is 2.42. The number of amides is 1. The van der Waals surface area contributed by atoms with Crippen LogP contribution < -0.4 is 0 Å². The van der Waals surface area contributed by atoms with Gasteiger partial charge in [0.2, 0.25) is 6.41 Å². The van der Waals surface area contributed by atoms with Gasteiger partial charge in [-0.3, -0.25) is 4.79 Å². The number of carbonyl (C=O) groups excluding carboxylic acids is 1. The Kier molecular flexibility index (Phi) is 4.79. The summed E-state index contributed by atoms with van der Waals surface area (Å²) in [6.45, 7) is 0.789. The van der Waals surface area contributed by atoms with E-state index < -0.39 is 5.97 Å². The maximum atomic E-state index is 11.7. The van der Waals surface area contributed by atoms with E-state index in [0.29, 0.717) is 23.8 Å². The van der Waals surface area contributed by atoms with Crippen LogP contribution in [0.5, 0.6) is 0 Å². The summed E-state index contributed by atoms with van der Waals surface area (Å²) in [7, 11) is 0. The second-order valence-electron chi connectivity index (χ2n) is 6.67. The van der Waals surface area contributed by atoms with Gasteiger partial charge in [-0.1, -0.05) is 43.2 Å². The van der Waals surface area contributed by atoms with Crippen molar-refractivity contribution in [2.24, 2.45) is 11.8 Å². The van der Waals surface area contributed by atoms with Gasteiger partial charge in [0.25, 0.3) is 0 Å². The van der Waals surface area contributed by atoms with Crippen LogP contribution in [0.1, 0.15) is 37.7 Å². The Morgan fingerprint density at radius 1 is 1.22 bits per heavy atom. The lowest BCUT2D eigenvalue weighted by Crippen LogP contribution is -2.33. The average Bonchev–Trinajstić information content (AvgIpc) is 2.93. The van der Waals surface area contributed by atoms with Gasteiger partial charge in [0.1, 0.15) is 0 Å². The predicted octanol–water partition coefficient (Wildman–Crippen LogP) is 3.19. The minimum Gasteiger partial charge on any atom is -0.478 e. The summed E-state index contributed by atoms with van der Waals surface area (Å²) in [4.78, 5) is 24.9. The van der Waals surface area contributed by atoms with Gasteiger partial charge >= 0.3 is 5.97 Å². The first kappa shape index (κ1) is 15.8. The standard InChI is InChI=1S/C19H23NO3/c21-13-20-12-15-8-4-5-9-17(15)18(20)11-16(19(22)23)10-14-6-2-1-3-7-14/h1-3,6-7,10,13,15,17-18H,4-5,8-9,11-12H2,(H,22,23). The average molecular weight is 313 g/mol. The molecule has 1 amide bonds. The van der Waals surface area contributed by atoms with E-state index in [2.05, 4.69) is 0 Å². The summed E-state index contributed by atoms with van der Waals surface area (Å²) in [5.41, 5.74) is 1.28. The first-order valence-corrected chi connectivity index (χ1v) is 8.39. The Morgan fingerprint density at radius 3 is 2.65 bits per heavy atom. The molecule has 4 nitrogen and oxygen atoms in total. The van der Waals surface area contributed by atoms with Crippen molar-refractivity contribution in [3.05, 3.63) is 41.5 Å². The zero-order valence-electron chi connectivity index (χ0n) is 13.2. The molecule has 1 aromatic carbocycles. The molecule has 0 bridgehead atoms. The quantitative estimate of drug-likeness (QED) is 0.671. The zero-order valence-corrected chi connectivity index (χ0v) is 13.2. The Bertz CT molecular complexity index is 596. The molecule has 1 aromatic rings. The zero-order chi connectivity index (χ0) is 16.2. The number of likely N-dealkylation sites (tertiary alicyclic amines) is 1. The van der Waals surface area contributed by atoms with Crippen molar-refractivity contribution in [3.8, 4) is 0 Å². The van der Waals surface area contributed by atoms with Gasteiger partial charge in [0.15, 0.2) is 0 Å². The minimum absolute atomic E-state index is 0.0314. The third-order valence-electron chi connectivity index (χ3n) is 5.31. The van der Waals surface area contributed by atoms with Crippen molar-refractivity contribution in [2.45, 2.75) is 38.1 Å². The number of benzene rings is 1. The van der Waals surface area contributed by atoms with Crippen LogP contribution in [0.2, 0.25) is 0 Å². The normalized spacial score (nSPS) is 27.6. The smallest absolute Gasteiger partial charge is 0.331 e. The van der Waals surface area contributed by atoms with Crippen molar-refractivity contribution < 1.29 is 14.7 Å². The van der Waals surface area contributed by atoms with Gasteiger partial charge in [-0.15, -0.1) is 0 Å². The Labute approximate surface area is 136 Å². The summed E-state index contributed by atoms with van der Waals surface area (Å²) in [5.74, 6) is 0.108. The molecule has 2 aliphatic rings. The van der Waals surface area contributed by atoms with Gasteiger partial charge in [-0.25, -0.2) is 4.79 Å². The fraction of sp³-hybridized carbons (Fsp3) is 0.474. The number of hydrogen-bond acceptors (Lipinski definition) is 2. The first-order chi connectivity index (χ1) is 11.2. The van der Waals surface area contributed by atoms with Crippen LogP contribution in [-0.4, -0.2) is 35.0 Å². The molecular formula is C19H23NO3. The number of aliphatic carboxylic acids is 1. The molecule has 23 heavy (non-hydrogen) atoms. The molecule has 4 heteroatoms. The molecule has 0 aromatic heterocycles. The fourth-order valence-electron chi connectivity index (χ4n) is 4.20. The summed E-state index contributed by atoms with van der Waals surface area (Å²) in [6, 6.07) is 9.54. The van der Waals surface area contributed by atoms with Gasteiger partial charge in [-0.05, 0) is 36.3 Å². The van der Waals surface area contributed by atoms with E-state index in [-0.39, 0.29) is 6.04 Å². The number of carboxylic acid groups (broad SMARTS) is 1. The van der Waals surface area contributed by atoms with E-state index in [1.807, 2.05) is 35.2 Å². The number of nitrogens with zero attached hydrogens (tertiary/aromatic N) is 1. The number of hydrogen-bond donors (Lipinski definition) is 1. The summed E-state index contributed by atoms with van der Waals surface area (Å²) in [6.07, 6.45) is 7.77. The molecule has 1 aliphatic heterocycles. The molecule has 0 radical (unpaired) electrons. The molecule has 1 aliphatic carbocycles. The third kappa shape index (κ3) is 3.46.